The molecule has 6 nitrogen and oxygen atoms in total. The highest BCUT2D eigenvalue weighted by atomic mass is 127. The van der Waals surface area contributed by atoms with Crippen LogP contribution >= 0.6 is 24.0 Å². The van der Waals surface area contributed by atoms with Gasteiger partial charge in [-0.1, -0.05) is 6.08 Å². The first-order valence-electron chi connectivity index (χ1n) is 8.08. The summed E-state index contributed by atoms with van der Waals surface area (Å²) in [6.07, 6.45) is 5.95. The molecule has 0 bridgehead atoms. The zero-order chi connectivity index (χ0) is 16.4. The summed E-state index contributed by atoms with van der Waals surface area (Å²) in [5, 5.41) is 6.28. The normalized spacial score (nSPS) is 15.2. The highest BCUT2D eigenvalue weighted by molar-refractivity contribution is 14.0. The number of nitrogens with zero attached hydrogens (tertiary/aromatic N) is 2. The van der Waals surface area contributed by atoms with Crippen molar-refractivity contribution in [1.29, 1.82) is 0 Å². The van der Waals surface area contributed by atoms with Gasteiger partial charge in [0.2, 0.25) is 0 Å². The number of guanidine groups is 1. The van der Waals surface area contributed by atoms with Gasteiger partial charge in [-0.25, -0.2) is 4.79 Å². The van der Waals surface area contributed by atoms with E-state index in [1.165, 1.54) is 0 Å². The highest BCUT2D eigenvalue weighted by Gasteiger charge is 2.32. The number of amides is 1. The Balaban J connectivity index is 0.00000484. The smallest absolute Gasteiger partial charge is 0.407 e. The second-order valence-electron chi connectivity index (χ2n) is 5.59. The molecule has 1 rings (SSSR count). The van der Waals surface area contributed by atoms with Crippen LogP contribution in [0.1, 0.15) is 32.6 Å². The molecular weight excluding hydrogens is 407 g/mol. The van der Waals surface area contributed by atoms with Crippen molar-refractivity contribution in [3.05, 3.63) is 12.7 Å². The Morgan fingerprint density at radius 1 is 1.52 bits per heavy atom. The number of allylic oxidation sites excluding steroid dienone is 1. The van der Waals surface area contributed by atoms with Gasteiger partial charge in [0.05, 0.1) is 12.6 Å². The van der Waals surface area contributed by atoms with Crippen molar-refractivity contribution in [1.82, 2.24) is 15.5 Å². The van der Waals surface area contributed by atoms with Gasteiger partial charge in [0.25, 0.3) is 0 Å². The summed E-state index contributed by atoms with van der Waals surface area (Å²) in [6.45, 7) is 7.53. The van der Waals surface area contributed by atoms with Gasteiger partial charge in [0, 0.05) is 27.2 Å². The van der Waals surface area contributed by atoms with Gasteiger partial charge < -0.3 is 20.3 Å². The number of hydrogen-bond donors (Lipinski definition) is 2. The monoisotopic (exact) mass is 438 g/mol. The Morgan fingerprint density at radius 3 is 2.74 bits per heavy atom. The Bertz CT molecular complexity index is 386. The van der Waals surface area contributed by atoms with Crippen LogP contribution in [0, 0.1) is 5.92 Å². The SMILES string of the molecule is C=CCCCN(C)C(=NC)NCC(NC(=O)OCC)C1CC1.I. The van der Waals surface area contributed by atoms with E-state index in [0.717, 1.165) is 38.2 Å². The molecule has 0 radical (unpaired) electrons. The van der Waals surface area contributed by atoms with E-state index in [0.29, 0.717) is 19.1 Å². The number of unbranched alkanes of at least 4 members (excludes halogenated alkanes) is 1. The number of rotatable bonds is 9. The molecule has 23 heavy (non-hydrogen) atoms. The second kappa shape index (κ2) is 12.4. The molecule has 0 spiro atoms. The first-order valence-corrected chi connectivity index (χ1v) is 8.08. The van der Waals surface area contributed by atoms with Crippen LogP contribution in [0.25, 0.3) is 0 Å². The lowest BCUT2D eigenvalue weighted by atomic mass is 10.2. The first-order chi connectivity index (χ1) is 10.6. The van der Waals surface area contributed by atoms with Crippen molar-refractivity contribution >= 4 is 36.0 Å². The molecule has 1 amide bonds. The topological polar surface area (TPSA) is 66.0 Å². The van der Waals surface area contributed by atoms with Gasteiger partial charge in [-0.05, 0) is 38.5 Å². The largest absolute Gasteiger partial charge is 0.450 e. The molecule has 2 N–H and O–H groups in total. The van der Waals surface area contributed by atoms with Crippen LogP contribution in [-0.4, -0.2) is 56.8 Å². The Morgan fingerprint density at radius 2 is 2.22 bits per heavy atom. The number of ether oxygens (including phenoxy) is 1. The van der Waals surface area contributed by atoms with Crippen LogP contribution in [0.4, 0.5) is 4.79 Å². The summed E-state index contributed by atoms with van der Waals surface area (Å²) in [4.78, 5) is 18.0. The minimum absolute atomic E-state index is 0. The summed E-state index contributed by atoms with van der Waals surface area (Å²) < 4.78 is 4.97. The maximum atomic E-state index is 11.6. The third-order valence-corrected chi connectivity index (χ3v) is 3.72. The van der Waals surface area contributed by atoms with E-state index in [1.807, 2.05) is 20.0 Å². The lowest BCUT2D eigenvalue weighted by molar-refractivity contribution is 0.146. The number of hydrogen-bond acceptors (Lipinski definition) is 3. The highest BCUT2D eigenvalue weighted by Crippen LogP contribution is 2.32. The van der Waals surface area contributed by atoms with Crippen molar-refractivity contribution in [2.45, 2.75) is 38.6 Å². The molecule has 1 saturated carbocycles. The van der Waals surface area contributed by atoms with Crippen molar-refractivity contribution in [2.75, 3.05) is 33.8 Å². The summed E-state index contributed by atoms with van der Waals surface area (Å²) in [5.74, 6) is 1.39. The van der Waals surface area contributed by atoms with Crippen LogP contribution in [0.3, 0.4) is 0 Å². The van der Waals surface area contributed by atoms with Crippen molar-refractivity contribution in [3.8, 4) is 0 Å². The number of alkyl carbamates (subject to hydrolysis) is 1. The third-order valence-electron chi connectivity index (χ3n) is 3.72. The maximum absolute atomic E-state index is 11.6. The number of carbonyl (C=O) groups is 1. The molecule has 0 saturated heterocycles. The lowest BCUT2D eigenvalue weighted by Gasteiger charge is -2.25. The Kier molecular flexibility index (Phi) is 11.9. The molecule has 1 unspecified atom stereocenters. The molecule has 1 aliphatic carbocycles. The van der Waals surface area contributed by atoms with E-state index in [1.54, 1.807) is 7.05 Å². The second-order valence-corrected chi connectivity index (χ2v) is 5.59. The predicted octanol–water partition coefficient (Wildman–Crippen LogP) is 2.60. The van der Waals surface area contributed by atoms with E-state index in [4.69, 9.17) is 4.74 Å². The van der Waals surface area contributed by atoms with E-state index in [9.17, 15) is 4.79 Å². The minimum atomic E-state index is -0.337. The number of nitrogens with one attached hydrogen (secondary N) is 2. The van der Waals surface area contributed by atoms with E-state index in [2.05, 4.69) is 27.1 Å². The Labute approximate surface area is 157 Å². The molecule has 0 heterocycles. The van der Waals surface area contributed by atoms with Crippen LogP contribution in [0.5, 0.6) is 0 Å². The summed E-state index contributed by atoms with van der Waals surface area (Å²) in [7, 11) is 3.79. The molecule has 0 aliphatic heterocycles. The predicted molar refractivity (Wildman–Crippen MR) is 106 cm³/mol. The quantitative estimate of drug-likeness (QED) is 0.191. The molecule has 0 aromatic rings. The fourth-order valence-electron chi connectivity index (χ4n) is 2.32. The fraction of sp³-hybridized carbons (Fsp3) is 0.750. The molecule has 7 heteroatoms. The van der Waals surface area contributed by atoms with Gasteiger partial charge in [-0.3, -0.25) is 4.99 Å². The molecule has 1 atom stereocenters. The summed E-state index contributed by atoms with van der Waals surface area (Å²) in [5.41, 5.74) is 0. The van der Waals surface area contributed by atoms with Crippen LogP contribution in [-0.2, 0) is 4.74 Å². The fourth-order valence-corrected chi connectivity index (χ4v) is 2.32. The van der Waals surface area contributed by atoms with Crippen LogP contribution in [0.15, 0.2) is 17.6 Å². The average Bonchev–Trinajstić information content (AvgIpc) is 3.32. The van der Waals surface area contributed by atoms with Crippen molar-refractivity contribution < 1.29 is 9.53 Å². The first kappa shape index (κ1) is 22.0. The molecular formula is C16H31IN4O2. The average molecular weight is 438 g/mol. The summed E-state index contributed by atoms with van der Waals surface area (Å²) >= 11 is 0. The van der Waals surface area contributed by atoms with Crippen molar-refractivity contribution in [3.63, 3.8) is 0 Å². The van der Waals surface area contributed by atoms with Crippen LogP contribution in [0.2, 0.25) is 0 Å². The standard InChI is InChI=1S/C16H30N4O2.HI/c1-5-7-8-11-20(4)15(17-3)18-12-14(13-9-10-13)19-16(21)22-6-2;/h5,13-14H,1,6-12H2,2-4H3,(H,17,18)(H,19,21);1H. The lowest BCUT2D eigenvalue weighted by Crippen LogP contribution is -2.48. The minimum Gasteiger partial charge on any atom is -0.450 e. The van der Waals surface area contributed by atoms with Gasteiger partial charge >= 0.3 is 6.09 Å². The van der Waals surface area contributed by atoms with Gasteiger partial charge in [-0.15, -0.1) is 30.6 Å². The van der Waals surface area contributed by atoms with Crippen LogP contribution < -0.4 is 10.6 Å². The summed E-state index contributed by atoms with van der Waals surface area (Å²) in [6, 6.07) is 0.0948. The molecule has 1 aliphatic rings. The zero-order valence-corrected chi connectivity index (χ0v) is 16.8. The third kappa shape index (κ3) is 9.02. The van der Waals surface area contributed by atoms with E-state index >= 15 is 0 Å². The molecule has 0 aromatic heterocycles. The number of halogens is 1. The number of carbonyl (C=O) groups excluding carboxylic acids is 1. The van der Waals surface area contributed by atoms with Gasteiger partial charge in [0.15, 0.2) is 5.96 Å². The maximum Gasteiger partial charge on any atom is 0.407 e. The zero-order valence-electron chi connectivity index (χ0n) is 14.5. The molecule has 1 fully saturated rings. The van der Waals surface area contributed by atoms with E-state index in [-0.39, 0.29) is 36.1 Å². The molecule has 0 aromatic carbocycles. The van der Waals surface area contributed by atoms with E-state index < -0.39 is 0 Å². The number of aliphatic imine (C=N–C) groups is 1. The Hall–Kier alpha value is -0.990. The van der Waals surface area contributed by atoms with Gasteiger partial charge in [-0.2, -0.15) is 0 Å². The van der Waals surface area contributed by atoms with Gasteiger partial charge in [0.1, 0.15) is 0 Å². The molecule has 134 valence electrons. The van der Waals surface area contributed by atoms with Crippen molar-refractivity contribution in [2.24, 2.45) is 10.9 Å².